The predicted molar refractivity (Wildman–Crippen MR) is 156 cm³/mol. The highest BCUT2D eigenvalue weighted by molar-refractivity contribution is 5.71. The van der Waals surface area contributed by atoms with Crippen LogP contribution in [0.4, 0.5) is 4.39 Å². The Hall–Kier alpha value is -3.34. The van der Waals surface area contributed by atoms with Crippen molar-refractivity contribution in [3.05, 3.63) is 83.2 Å². The van der Waals surface area contributed by atoms with Gasteiger partial charge in [0.2, 0.25) is 0 Å². The second kappa shape index (κ2) is 12.0. The van der Waals surface area contributed by atoms with Gasteiger partial charge in [0.25, 0.3) is 0 Å². The molecule has 2 aliphatic carbocycles. The molecule has 2 fully saturated rings. The van der Waals surface area contributed by atoms with Crippen molar-refractivity contribution < 1.29 is 23.8 Å². The van der Waals surface area contributed by atoms with Crippen molar-refractivity contribution in [1.82, 2.24) is 0 Å². The van der Waals surface area contributed by atoms with E-state index in [9.17, 15) is 9.90 Å². The Morgan fingerprint density at radius 3 is 2.55 bits per heavy atom. The first-order valence-corrected chi connectivity index (χ1v) is 14.6. The van der Waals surface area contributed by atoms with Crippen molar-refractivity contribution in [2.75, 3.05) is 7.11 Å². The predicted octanol–water partition coefficient (Wildman–Crippen LogP) is 9.12. The first-order chi connectivity index (χ1) is 19.2. The minimum absolute atomic E-state index is 0.00530. The Morgan fingerprint density at radius 2 is 1.82 bits per heavy atom. The maximum Gasteiger partial charge on any atom is 0.303 e. The largest absolute Gasteiger partial charge is 0.497 e. The highest BCUT2D eigenvalue weighted by Crippen LogP contribution is 2.50. The Morgan fingerprint density at radius 1 is 1.00 bits per heavy atom. The second-order valence-electron chi connectivity index (χ2n) is 12.4. The fraction of sp³-hybridized carbons (Fsp3) is 0.457. The van der Waals surface area contributed by atoms with Crippen molar-refractivity contribution in [1.29, 1.82) is 0 Å². The Kier molecular flexibility index (Phi) is 8.48. The molecule has 5 heteroatoms. The molecule has 212 valence electrons. The number of halogens is 1. The summed E-state index contributed by atoms with van der Waals surface area (Å²) in [4.78, 5) is 11.5. The molecule has 0 aliphatic heterocycles. The van der Waals surface area contributed by atoms with Gasteiger partial charge in [-0.3, -0.25) is 4.79 Å². The maximum absolute atomic E-state index is 15.1. The fourth-order valence-electron chi connectivity index (χ4n) is 6.47. The van der Waals surface area contributed by atoms with Gasteiger partial charge in [-0.25, -0.2) is 4.39 Å². The number of rotatable bonds is 11. The molecule has 0 aromatic heterocycles. The van der Waals surface area contributed by atoms with E-state index in [2.05, 4.69) is 19.9 Å². The summed E-state index contributed by atoms with van der Waals surface area (Å²) in [7, 11) is 1.60. The van der Waals surface area contributed by atoms with E-state index in [0.717, 1.165) is 47.3 Å². The SMILES string of the molecule is COc1ccc(F)c(-c2ccc(COc3cccc([C@@H](CC(=O)O)CC4CC4)c3)cc2[C@@H]2CCCCC2(C)C)c1. The number of benzene rings is 3. The third-order valence-corrected chi connectivity index (χ3v) is 8.93. The number of carboxylic acid groups (broad SMARTS) is 1. The van der Waals surface area contributed by atoms with Gasteiger partial charge in [-0.15, -0.1) is 0 Å². The Labute approximate surface area is 237 Å². The molecule has 2 atom stereocenters. The first kappa shape index (κ1) is 28.2. The van der Waals surface area contributed by atoms with Crippen LogP contribution < -0.4 is 9.47 Å². The zero-order valence-corrected chi connectivity index (χ0v) is 23.9. The van der Waals surface area contributed by atoms with Crippen LogP contribution >= 0.6 is 0 Å². The van der Waals surface area contributed by atoms with E-state index in [4.69, 9.17) is 9.47 Å². The van der Waals surface area contributed by atoms with Gasteiger partial charge < -0.3 is 14.6 Å². The van der Waals surface area contributed by atoms with E-state index >= 15 is 4.39 Å². The molecule has 0 unspecified atom stereocenters. The number of hydrogen-bond acceptors (Lipinski definition) is 3. The van der Waals surface area contributed by atoms with Gasteiger partial charge in [-0.05, 0) is 95.0 Å². The van der Waals surface area contributed by atoms with Crippen molar-refractivity contribution in [2.24, 2.45) is 11.3 Å². The lowest BCUT2D eigenvalue weighted by atomic mass is 9.65. The van der Waals surface area contributed by atoms with Crippen molar-refractivity contribution in [3.8, 4) is 22.6 Å². The molecule has 3 aromatic carbocycles. The van der Waals surface area contributed by atoms with Gasteiger partial charge in [0.05, 0.1) is 13.5 Å². The summed E-state index contributed by atoms with van der Waals surface area (Å²) in [5.74, 6) is 1.33. The summed E-state index contributed by atoms with van der Waals surface area (Å²) in [6, 6.07) is 19.1. The van der Waals surface area contributed by atoms with E-state index < -0.39 is 5.97 Å². The quantitative estimate of drug-likeness (QED) is 0.261. The summed E-state index contributed by atoms with van der Waals surface area (Å²) < 4.78 is 26.8. The average molecular weight is 545 g/mol. The first-order valence-electron chi connectivity index (χ1n) is 14.6. The topological polar surface area (TPSA) is 55.8 Å². The van der Waals surface area contributed by atoms with Crippen LogP contribution in [0.15, 0.2) is 60.7 Å². The van der Waals surface area contributed by atoms with E-state index in [0.29, 0.717) is 29.8 Å². The van der Waals surface area contributed by atoms with Crippen molar-refractivity contribution >= 4 is 5.97 Å². The third kappa shape index (κ3) is 6.68. The van der Waals surface area contributed by atoms with Crippen LogP contribution in [0.2, 0.25) is 0 Å². The molecule has 0 bridgehead atoms. The van der Waals surface area contributed by atoms with Crippen LogP contribution in [-0.4, -0.2) is 18.2 Å². The van der Waals surface area contributed by atoms with Gasteiger partial charge in [0, 0.05) is 5.56 Å². The van der Waals surface area contributed by atoms with E-state index in [1.807, 2.05) is 36.4 Å². The second-order valence-corrected chi connectivity index (χ2v) is 12.4. The molecule has 0 radical (unpaired) electrons. The molecule has 5 rings (SSSR count). The number of aliphatic carboxylic acids is 1. The molecule has 1 N–H and O–H groups in total. The molecular formula is C35H41FO4. The van der Waals surface area contributed by atoms with Crippen molar-refractivity contribution in [3.63, 3.8) is 0 Å². The summed E-state index contributed by atoms with van der Waals surface area (Å²) >= 11 is 0. The van der Waals surface area contributed by atoms with Gasteiger partial charge in [0.1, 0.15) is 23.9 Å². The Bertz CT molecular complexity index is 1340. The zero-order chi connectivity index (χ0) is 28.3. The summed E-state index contributed by atoms with van der Waals surface area (Å²) in [6.07, 6.45) is 8.05. The summed E-state index contributed by atoms with van der Waals surface area (Å²) in [5.41, 5.74) is 4.82. The van der Waals surface area contributed by atoms with Gasteiger partial charge in [0.15, 0.2) is 0 Å². The number of carboxylic acids is 1. The lowest BCUT2D eigenvalue weighted by molar-refractivity contribution is -0.137. The van der Waals surface area contributed by atoms with Crippen LogP contribution in [-0.2, 0) is 11.4 Å². The Balaban J connectivity index is 1.43. The monoisotopic (exact) mass is 544 g/mol. The third-order valence-electron chi connectivity index (χ3n) is 8.93. The lowest BCUT2D eigenvalue weighted by Gasteiger charge is -2.40. The van der Waals surface area contributed by atoms with Gasteiger partial charge in [-0.2, -0.15) is 0 Å². The maximum atomic E-state index is 15.1. The standard InChI is InChI=1S/C35H41FO4/c1-35(2)16-5-4-9-32(35)30-18-24(12-14-29(30)31-21-27(39-3)13-15-33(31)36)22-40-28-8-6-7-25(19-28)26(20-34(37)38)17-23-10-11-23/h6-8,12-15,18-19,21,23,26,32H,4-5,9-11,16-17,20,22H2,1-3H3,(H,37,38)/t26-,32+/m1/s1. The minimum atomic E-state index is -0.761. The number of carbonyl (C=O) groups is 1. The van der Waals surface area contributed by atoms with Gasteiger partial charge >= 0.3 is 5.97 Å². The minimum Gasteiger partial charge on any atom is -0.497 e. The van der Waals surface area contributed by atoms with Crippen LogP contribution in [0.5, 0.6) is 11.5 Å². The zero-order valence-electron chi connectivity index (χ0n) is 23.9. The number of methoxy groups -OCH3 is 1. The number of hydrogen-bond donors (Lipinski definition) is 1. The molecule has 4 nitrogen and oxygen atoms in total. The smallest absolute Gasteiger partial charge is 0.303 e. The van der Waals surface area contributed by atoms with E-state index in [-0.39, 0.29) is 23.6 Å². The lowest BCUT2D eigenvalue weighted by Crippen LogP contribution is -2.26. The molecule has 0 saturated heterocycles. The van der Waals surface area contributed by atoms with Gasteiger partial charge in [-0.1, -0.05) is 69.9 Å². The summed E-state index contributed by atoms with van der Waals surface area (Å²) in [6.45, 7) is 5.04. The molecule has 0 spiro atoms. The summed E-state index contributed by atoms with van der Waals surface area (Å²) in [5, 5.41) is 9.46. The molecule has 2 saturated carbocycles. The molecular weight excluding hydrogens is 503 g/mol. The van der Waals surface area contributed by atoms with E-state index in [1.54, 1.807) is 19.2 Å². The highest BCUT2D eigenvalue weighted by Gasteiger charge is 2.35. The van der Waals surface area contributed by atoms with Crippen LogP contribution in [0, 0.1) is 17.2 Å². The fourth-order valence-corrected chi connectivity index (χ4v) is 6.47. The number of ether oxygens (including phenoxy) is 2. The molecule has 0 amide bonds. The van der Waals surface area contributed by atoms with Crippen LogP contribution in [0.3, 0.4) is 0 Å². The molecule has 40 heavy (non-hydrogen) atoms. The molecule has 3 aromatic rings. The van der Waals surface area contributed by atoms with E-state index in [1.165, 1.54) is 31.7 Å². The van der Waals surface area contributed by atoms with Crippen LogP contribution in [0.25, 0.3) is 11.1 Å². The normalized spacial score (nSPS) is 19.1. The molecule has 2 aliphatic rings. The average Bonchev–Trinajstić information content (AvgIpc) is 3.76. The molecule has 0 heterocycles. The van der Waals surface area contributed by atoms with Crippen molar-refractivity contribution in [2.45, 2.75) is 83.7 Å². The highest BCUT2D eigenvalue weighted by atomic mass is 19.1. The van der Waals surface area contributed by atoms with Crippen LogP contribution in [0.1, 0.15) is 93.7 Å².